The molecule has 6 rings (SSSR count). The third-order valence-corrected chi connectivity index (χ3v) is 12.3. The summed E-state index contributed by atoms with van der Waals surface area (Å²) in [6, 6.07) is 4.28. The molecule has 4 heterocycles. The van der Waals surface area contributed by atoms with E-state index in [-0.39, 0.29) is 11.1 Å². The fourth-order valence-corrected chi connectivity index (χ4v) is 9.79. The van der Waals surface area contributed by atoms with Gasteiger partial charge in [0.15, 0.2) is 30.0 Å². The minimum Gasteiger partial charge on any atom is -0.465 e. The maximum Gasteiger partial charge on any atom is 0.340 e. The van der Waals surface area contributed by atoms with Crippen LogP contribution in [0.3, 0.4) is 0 Å². The number of hydrogen-bond donors (Lipinski definition) is 1. The van der Waals surface area contributed by atoms with E-state index >= 15 is 0 Å². The van der Waals surface area contributed by atoms with Crippen molar-refractivity contribution in [3.8, 4) is 0 Å². The lowest BCUT2D eigenvalue weighted by molar-refractivity contribution is -0.386. The van der Waals surface area contributed by atoms with Gasteiger partial charge in [-0.1, -0.05) is 13.8 Å². The molecule has 1 N–H and O–H groups in total. The van der Waals surface area contributed by atoms with E-state index in [1.54, 1.807) is 6.92 Å². The van der Waals surface area contributed by atoms with Gasteiger partial charge in [0.2, 0.25) is 0 Å². The summed E-state index contributed by atoms with van der Waals surface area (Å²) in [7, 11) is 0. The Morgan fingerprint density at radius 2 is 1.35 bits per heavy atom. The van der Waals surface area contributed by atoms with E-state index in [9.17, 15) is 43.5 Å². The van der Waals surface area contributed by atoms with Gasteiger partial charge in [-0.25, -0.2) is 9.59 Å². The van der Waals surface area contributed by atoms with Crippen LogP contribution in [0.25, 0.3) is 0 Å². The Hall–Kier alpha value is -6.02. The predicted molar refractivity (Wildman–Crippen MR) is 203 cm³/mol. The summed E-state index contributed by atoms with van der Waals surface area (Å²) in [5, 5.41) is 13.6. The lowest BCUT2D eigenvalue weighted by Gasteiger charge is -2.67. The average molecular weight is 869 g/mol. The fourth-order valence-electron chi connectivity index (χ4n) is 9.79. The summed E-state index contributed by atoms with van der Waals surface area (Å²) in [5.74, 6) is -11.9. The molecule has 20 heteroatoms. The molecule has 2 unspecified atom stereocenters. The standard InChI is InChI=1S/C42H48N2O18/c1-19-20(2)36(50)61-33-31(56-22(4)46)35(59-25(7)49)41(18-54-21(3)45)34(58-24(6)48)30(60-37(51)26-11-10-13-43-15-26)29-32(57-23(5)47)42(41,40(33,9)53)62-39(29,8)17-55-38(52)28-16-44-14-12-27(19)28/h10-16,19-20,29-35,53H,17-18H2,1-9H3/t19?,20?,29-,30-,31+,32-,33+,34-,35+,39+,40+,41-,42+/m1/s1. The summed E-state index contributed by atoms with van der Waals surface area (Å²) in [5.41, 5.74) is -10.3. The molecule has 13 atom stereocenters. The first kappa shape index (κ1) is 45.5. The van der Waals surface area contributed by atoms with Gasteiger partial charge in [-0.15, -0.1) is 0 Å². The molecule has 1 spiro atoms. The lowest BCUT2D eigenvalue weighted by atomic mass is 9.45. The van der Waals surface area contributed by atoms with Gasteiger partial charge in [0.05, 0.1) is 23.0 Å². The van der Waals surface area contributed by atoms with E-state index < -0.39 is 138 Å². The van der Waals surface area contributed by atoms with Gasteiger partial charge in [-0.3, -0.25) is 38.7 Å². The highest BCUT2D eigenvalue weighted by Crippen LogP contribution is 2.70. The van der Waals surface area contributed by atoms with Gasteiger partial charge >= 0.3 is 47.8 Å². The van der Waals surface area contributed by atoms with Crippen LogP contribution in [-0.2, 0) is 71.4 Å². The Balaban J connectivity index is 1.80. The second kappa shape index (κ2) is 16.7. The Morgan fingerprint density at radius 1 is 0.758 bits per heavy atom. The normalized spacial score (nSPS) is 36.0. The molecule has 62 heavy (non-hydrogen) atoms. The van der Waals surface area contributed by atoms with E-state index in [2.05, 4.69) is 9.97 Å². The zero-order valence-electron chi connectivity index (χ0n) is 35.4. The summed E-state index contributed by atoms with van der Waals surface area (Å²) in [4.78, 5) is 117. The highest BCUT2D eigenvalue weighted by atomic mass is 16.7. The Morgan fingerprint density at radius 3 is 1.94 bits per heavy atom. The number of nitrogens with zero attached hydrogens (tertiary/aromatic N) is 2. The van der Waals surface area contributed by atoms with Crippen LogP contribution in [0, 0.1) is 17.3 Å². The van der Waals surface area contributed by atoms with Crippen molar-refractivity contribution < 1.29 is 86.1 Å². The van der Waals surface area contributed by atoms with E-state index in [1.807, 2.05) is 0 Å². The second-order valence-corrected chi connectivity index (χ2v) is 16.4. The lowest BCUT2D eigenvalue weighted by Crippen LogP contribution is -2.89. The first-order valence-corrected chi connectivity index (χ1v) is 19.7. The van der Waals surface area contributed by atoms with Crippen LogP contribution in [-0.4, -0.2) is 129 Å². The minimum absolute atomic E-state index is 0.0579. The number of pyridine rings is 2. The van der Waals surface area contributed by atoms with Gasteiger partial charge in [-0.2, -0.15) is 0 Å². The number of aromatic nitrogens is 2. The van der Waals surface area contributed by atoms with E-state index in [1.165, 1.54) is 50.6 Å². The minimum atomic E-state index is -2.86. The van der Waals surface area contributed by atoms with Crippen LogP contribution in [0.2, 0.25) is 0 Å². The quantitative estimate of drug-likeness (QED) is 0.292. The molecule has 1 saturated heterocycles. The van der Waals surface area contributed by atoms with Crippen LogP contribution < -0.4 is 0 Å². The molecule has 2 saturated carbocycles. The molecule has 0 aromatic carbocycles. The van der Waals surface area contributed by atoms with Crippen LogP contribution in [0.4, 0.5) is 0 Å². The number of fused-ring (bicyclic) bond motifs is 5. The maximum absolute atomic E-state index is 14.5. The van der Waals surface area contributed by atoms with Crippen LogP contribution in [0.5, 0.6) is 0 Å². The van der Waals surface area contributed by atoms with Crippen molar-refractivity contribution in [3.63, 3.8) is 0 Å². The van der Waals surface area contributed by atoms with Crippen LogP contribution >= 0.6 is 0 Å². The van der Waals surface area contributed by atoms with Gasteiger partial charge in [0.1, 0.15) is 42.0 Å². The Bertz CT molecular complexity index is 2160. The molecule has 20 nitrogen and oxygen atoms in total. The average Bonchev–Trinajstić information content (AvgIpc) is 3.42. The van der Waals surface area contributed by atoms with Crippen LogP contribution in [0.15, 0.2) is 43.0 Å². The third-order valence-electron chi connectivity index (χ3n) is 12.3. The summed E-state index contributed by atoms with van der Waals surface area (Å²) in [6.07, 6.45) is -7.12. The van der Waals surface area contributed by atoms with Crippen molar-refractivity contribution in [2.45, 2.75) is 122 Å². The number of esters is 8. The van der Waals surface area contributed by atoms with Gasteiger partial charge in [0.25, 0.3) is 0 Å². The molecule has 2 aromatic rings. The molecule has 334 valence electrons. The predicted octanol–water partition coefficient (Wildman–Crippen LogP) is 1.72. The summed E-state index contributed by atoms with van der Waals surface area (Å²) in [6.45, 7) is 8.61. The fraction of sp³-hybridized carbons (Fsp3) is 0.571. The van der Waals surface area contributed by atoms with Crippen molar-refractivity contribution in [1.29, 1.82) is 0 Å². The van der Waals surface area contributed by atoms with Gasteiger partial charge in [0, 0.05) is 59.4 Å². The molecule has 4 aliphatic rings. The smallest absolute Gasteiger partial charge is 0.340 e. The number of hydrogen-bond acceptors (Lipinski definition) is 20. The number of aliphatic hydroxyl groups is 1. The number of ether oxygens (including phenoxy) is 9. The van der Waals surface area contributed by atoms with Crippen molar-refractivity contribution in [3.05, 3.63) is 59.7 Å². The molecule has 0 amide bonds. The molecule has 2 aliphatic carbocycles. The highest BCUT2D eigenvalue weighted by Gasteiger charge is 2.92. The van der Waals surface area contributed by atoms with Crippen molar-refractivity contribution in [2.24, 2.45) is 17.3 Å². The summed E-state index contributed by atoms with van der Waals surface area (Å²) >= 11 is 0. The molecule has 2 aliphatic heterocycles. The first-order chi connectivity index (χ1) is 29.0. The number of carbonyl (C=O) groups excluding carboxylic acids is 8. The summed E-state index contributed by atoms with van der Waals surface area (Å²) < 4.78 is 55.3. The topological polar surface area (TPSA) is 266 Å². The van der Waals surface area contributed by atoms with E-state index in [4.69, 9.17) is 42.6 Å². The third kappa shape index (κ3) is 7.41. The number of cyclic esters (lactones) is 1. The Labute approximate surface area is 355 Å². The molecular formula is C42H48N2O18. The molecule has 2 aromatic heterocycles. The molecule has 3 fully saturated rings. The van der Waals surface area contributed by atoms with Crippen molar-refractivity contribution >= 4 is 47.8 Å². The van der Waals surface area contributed by atoms with E-state index in [0.29, 0.717) is 5.56 Å². The maximum atomic E-state index is 14.5. The highest BCUT2D eigenvalue weighted by molar-refractivity contribution is 5.91. The largest absolute Gasteiger partial charge is 0.465 e. The van der Waals surface area contributed by atoms with E-state index in [0.717, 1.165) is 47.7 Å². The first-order valence-electron chi connectivity index (χ1n) is 19.7. The molecule has 4 bridgehead atoms. The zero-order valence-corrected chi connectivity index (χ0v) is 35.4. The van der Waals surface area contributed by atoms with Crippen LogP contribution in [0.1, 0.15) is 94.5 Å². The monoisotopic (exact) mass is 868 g/mol. The zero-order chi connectivity index (χ0) is 45.7. The number of carbonyl (C=O) groups is 8. The van der Waals surface area contributed by atoms with Crippen molar-refractivity contribution in [2.75, 3.05) is 13.2 Å². The Kier molecular flexibility index (Phi) is 12.2. The molecular weight excluding hydrogens is 820 g/mol. The SMILES string of the molecule is CC(=O)OC[C@]12[C@H](OC(C)=O)[C@H](OC(=O)c3cccnc3)[C@@H]3[C@@H](OC(C)=O)[C@@]14O[C@@]3(C)COC(=O)c1cnccc1C(C)C(C)C(=O)O[C@@H]([C@H](OC(C)=O)[C@@H]2OC(C)=O)[C@]4(C)O. The second-order valence-electron chi connectivity index (χ2n) is 16.4. The molecule has 0 radical (unpaired) electrons. The van der Waals surface area contributed by atoms with Gasteiger partial charge in [-0.05, 0) is 43.5 Å². The number of rotatable bonds is 8. The van der Waals surface area contributed by atoms with Crippen molar-refractivity contribution in [1.82, 2.24) is 9.97 Å². The van der Waals surface area contributed by atoms with Gasteiger partial charge < -0.3 is 47.7 Å².